The van der Waals surface area contributed by atoms with E-state index >= 15 is 0 Å². The number of nitro benzene ring substituents is 1. The van der Waals surface area contributed by atoms with Gasteiger partial charge in [0.25, 0.3) is 5.69 Å². The van der Waals surface area contributed by atoms with Gasteiger partial charge in [0.2, 0.25) is 5.95 Å². The van der Waals surface area contributed by atoms with Crippen LogP contribution in [0.1, 0.15) is 5.56 Å². The Morgan fingerprint density at radius 3 is 2.72 bits per heavy atom. The molecule has 0 saturated carbocycles. The van der Waals surface area contributed by atoms with Gasteiger partial charge < -0.3 is 5.32 Å². The predicted molar refractivity (Wildman–Crippen MR) is 65.3 cm³/mol. The van der Waals surface area contributed by atoms with Gasteiger partial charge in [-0.15, -0.1) is 0 Å². The molecule has 5 nitrogen and oxygen atoms in total. The molecular weight excluding hydrogens is 237 g/mol. The van der Waals surface area contributed by atoms with Gasteiger partial charge in [0.05, 0.1) is 16.8 Å². The first-order valence-corrected chi connectivity index (χ1v) is 5.20. The van der Waals surface area contributed by atoms with Gasteiger partial charge in [-0.1, -0.05) is 12.1 Å². The Labute approximate surface area is 102 Å². The van der Waals surface area contributed by atoms with Gasteiger partial charge in [0.15, 0.2) is 0 Å². The SMILES string of the molecule is Cc1cc(F)ncc1Nc1ccccc1[N+](=O)[O-]. The maximum atomic E-state index is 12.8. The number of benzene rings is 1. The number of aryl methyl sites for hydroxylation is 1. The number of rotatable bonds is 3. The Hall–Kier alpha value is -2.50. The van der Waals surface area contributed by atoms with Crippen molar-refractivity contribution in [1.29, 1.82) is 0 Å². The molecule has 2 rings (SSSR count). The third-order valence-electron chi connectivity index (χ3n) is 2.45. The molecule has 2 aromatic rings. The number of nitrogens with one attached hydrogen (secondary N) is 1. The monoisotopic (exact) mass is 247 g/mol. The number of nitro groups is 1. The minimum atomic E-state index is -0.583. The smallest absolute Gasteiger partial charge is 0.292 e. The molecule has 0 aliphatic heterocycles. The molecule has 6 heteroatoms. The molecule has 1 aromatic carbocycles. The van der Waals surface area contributed by atoms with Crippen molar-refractivity contribution in [3.8, 4) is 0 Å². The zero-order valence-electron chi connectivity index (χ0n) is 9.55. The maximum absolute atomic E-state index is 12.8. The Balaban J connectivity index is 2.37. The minimum Gasteiger partial charge on any atom is -0.348 e. The summed E-state index contributed by atoms with van der Waals surface area (Å²) in [4.78, 5) is 13.9. The molecule has 1 N–H and O–H groups in total. The molecule has 0 aliphatic rings. The second-order valence-corrected chi connectivity index (χ2v) is 3.72. The van der Waals surface area contributed by atoms with Crippen LogP contribution in [0, 0.1) is 23.0 Å². The number of aromatic nitrogens is 1. The normalized spacial score (nSPS) is 10.1. The Kier molecular flexibility index (Phi) is 3.18. The fraction of sp³-hybridized carbons (Fsp3) is 0.0833. The molecule has 92 valence electrons. The summed E-state index contributed by atoms with van der Waals surface area (Å²) < 4.78 is 12.8. The van der Waals surface area contributed by atoms with Gasteiger partial charge in [-0.3, -0.25) is 10.1 Å². The molecule has 0 amide bonds. The van der Waals surface area contributed by atoms with Crippen LogP contribution < -0.4 is 5.32 Å². The van der Waals surface area contributed by atoms with Crippen LogP contribution in [0.15, 0.2) is 36.5 Å². The average Bonchev–Trinajstić information content (AvgIpc) is 2.33. The lowest BCUT2D eigenvalue weighted by Crippen LogP contribution is -1.99. The largest absolute Gasteiger partial charge is 0.348 e. The Morgan fingerprint density at radius 1 is 1.33 bits per heavy atom. The van der Waals surface area contributed by atoms with E-state index in [1.165, 1.54) is 18.3 Å². The number of anilines is 2. The van der Waals surface area contributed by atoms with Crippen LogP contribution in [0.3, 0.4) is 0 Å². The summed E-state index contributed by atoms with van der Waals surface area (Å²) in [7, 11) is 0. The van der Waals surface area contributed by atoms with Crippen molar-refractivity contribution in [3.63, 3.8) is 0 Å². The van der Waals surface area contributed by atoms with E-state index in [2.05, 4.69) is 10.3 Å². The summed E-state index contributed by atoms with van der Waals surface area (Å²) in [5.41, 5.74) is 1.46. The molecule has 0 spiro atoms. The van der Waals surface area contributed by atoms with E-state index in [4.69, 9.17) is 0 Å². The molecule has 0 atom stereocenters. The number of pyridine rings is 1. The van der Waals surface area contributed by atoms with E-state index in [1.54, 1.807) is 25.1 Å². The number of hydrogen-bond donors (Lipinski definition) is 1. The molecule has 0 saturated heterocycles. The maximum Gasteiger partial charge on any atom is 0.292 e. The van der Waals surface area contributed by atoms with Gasteiger partial charge in [0, 0.05) is 6.07 Å². The van der Waals surface area contributed by atoms with E-state index in [0.29, 0.717) is 16.9 Å². The summed E-state index contributed by atoms with van der Waals surface area (Å²) in [6, 6.07) is 7.51. The highest BCUT2D eigenvalue weighted by Crippen LogP contribution is 2.28. The number of hydrogen-bond acceptors (Lipinski definition) is 4. The molecule has 0 fully saturated rings. The van der Waals surface area contributed by atoms with Gasteiger partial charge >= 0.3 is 0 Å². The first-order valence-electron chi connectivity index (χ1n) is 5.20. The molecule has 0 radical (unpaired) electrons. The van der Waals surface area contributed by atoms with Crippen LogP contribution in [-0.4, -0.2) is 9.91 Å². The number of halogens is 1. The van der Waals surface area contributed by atoms with E-state index in [1.807, 2.05) is 0 Å². The van der Waals surface area contributed by atoms with Crippen LogP contribution >= 0.6 is 0 Å². The predicted octanol–water partition coefficient (Wildman–Crippen LogP) is 3.18. The summed E-state index contributed by atoms with van der Waals surface area (Å²) >= 11 is 0. The van der Waals surface area contributed by atoms with Gasteiger partial charge in [-0.25, -0.2) is 4.98 Å². The van der Waals surface area contributed by atoms with Crippen molar-refractivity contribution < 1.29 is 9.31 Å². The van der Waals surface area contributed by atoms with Gasteiger partial charge in [-0.05, 0) is 24.6 Å². The highest BCUT2D eigenvalue weighted by molar-refractivity contribution is 5.70. The minimum absolute atomic E-state index is 0.0405. The van der Waals surface area contributed by atoms with Crippen molar-refractivity contribution in [1.82, 2.24) is 4.98 Å². The molecule has 1 aromatic heterocycles. The summed E-state index contributed by atoms with van der Waals surface area (Å²) in [6.45, 7) is 1.70. The van der Waals surface area contributed by atoms with Crippen molar-refractivity contribution in [2.45, 2.75) is 6.92 Å². The van der Waals surface area contributed by atoms with Crippen molar-refractivity contribution in [3.05, 3.63) is 58.2 Å². The van der Waals surface area contributed by atoms with E-state index in [-0.39, 0.29) is 5.69 Å². The Bertz CT molecular complexity index is 602. The molecular formula is C12H10FN3O2. The third-order valence-corrected chi connectivity index (χ3v) is 2.45. The quantitative estimate of drug-likeness (QED) is 0.513. The van der Waals surface area contributed by atoms with Crippen LogP contribution in [0.4, 0.5) is 21.5 Å². The highest BCUT2D eigenvalue weighted by Gasteiger charge is 2.13. The second kappa shape index (κ2) is 4.79. The number of para-hydroxylation sites is 2. The average molecular weight is 247 g/mol. The van der Waals surface area contributed by atoms with Crippen molar-refractivity contribution >= 4 is 17.1 Å². The first-order chi connectivity index (χ1) is 8.58. The van der Waals surface area contributed by atoms with Crippen LogP contribution in [0.25, 0.3) is 0 Å². The second-order valence-electron chi connectivity index (χ2n) is 3.72. The van der Waals surface area contributed by atoms with E-state index in [9.17, 15) is 14.5 Å². The lowest BCUT2D eigenvalue weighted by atomic mass is 10.2. The summed E-state index contributed by atoms with van der Waals surface area (Å²) in [5.74, 6) is -0.583. The molecule has 0 unspecified atom stereocenters. The molecule has 18 heavy (non-hydrogen) atoms. The third kappa shape index (κ3) is 2.42. The van der Waals surface area contributed by atoms with Gasteiger partial charge in [-0.2, -0.15) is 4.39 Å². The molecule has 0 bridgehead atoms. The lowest BCUT2D eigenvalue weighted by Gasteiger charge is -2.09. The molecule has 1 heterocycles. The van der Waals surface area contributed by atoms with E-state index < -0.39 is 10.9 Å². The summed E-state index contributed by atoms with van der Waals surface area (Å²) in [6.07, 6.45) is 1.31. The lowest BCUT2D eigenvalue weighted by molar-refractivity contribution is -0.383. The van der Waals surface area contributed by atoms with Crippen molar-refractivity contribution in [2.24, 2.45) is 0 Å². The Morgan fingerprint density at radius 2 is 2.06 bits per heavy atom. The topological polar surface area (TPSA) is 68.1 Å². The highest BCUT2D eigenvalue weighted by atomic mass is 19.1. The van der Waals surface area contributed by atoms with E-state index in [0.717, 1.165) is 0 Å². The number of nitrogens with zero attached hydrogens (tertiary/aromatic N) is 2. The zero-order valence-corrected chi connectivity index (χ0v) is 9.55. The fourth-order valence-corrected chi connectivity index (χ4v) is 1.54. The standard InChI is InChI=1S/C12H10FN3O2/c1-8-6-12(13)14-7-10(8)15-9-4-2-3-5-11(9)16(17)18/h2-7,15H,1H3. The van der Waals surface area contributed by atoms with Crippen LogP contribution in [0.5, 0.6) is 0 Å². The van der Waals surface area contributed by atoms with Crippen LogP contribution in [-0.2, 0) is 0 Å². The van der Waals surface area contributed by atoms with Gasteiger partial charge in [0.1, 0.15) is 5.69 Å². The van der Waals surface area contributed by atoms with Crippen LogP contribution in [0.2, 0.25) is 0 Å². The first kappa shape index (κ1) is 12.0. The fourth-order valence-electron chi connectivity index (χ4n) is 1.54. The van der Waals surface area contributed by atoms with Crippen molar-refractivity contribution in [2.75, 3.05) is 5.32 Å². The summed E-state index contributed by atoms with van der Waals surface area (Å²) in [5, 5.41) is 13.7. The zero-order chi connectivity index (χ0) is 13.1. The molecule has 0 aliphatic carbocycles.